The maximum absolute atomic E-state index is 11.5. The number of nitrogens with one attached hydrogen (secondary N) is 1. The first-order chi connectivity index (χ1) is 10.8. The SMILES string of the molecule is O=Cc1ccc(C=CCNC(=O)OCc2ccccc2)cc1. The molecule has 0 saturated heterocycles. The molecule has 0 aliphatic carbocycles. The highest BCUT2D eigenvalue weighted by Crippen LogP contribution is 2.04. The van der Waals surface area contributed by atoms with Gasteiger partial charge in [0.1, 0.15) is 12.9 Å². The molecule has 0 spiro atoms. The predicted molar refractivity (Wildman–Crippen MR) is 85.5 cm³/mol. The van der Waals surface area contributed by atoms with Gasteiger partial charge in [0, 0.05) is 12.1 Å². The monoisotopic (exact) mass is 295 g/mol. The van der Waals surface area contributed by atoms with Gasteiger partial charge in [-0.05, 0) is 11.1 Å². The Labute approximate surface area is 129 Å². The molecule has 0 unspecified atom stereocenters. The number of aldehydes is 1. The molecule has 1 N–H and O–H groups in total. The summed E-state index contributed by atoms with van der Waals surface area (Å²) in [5.41, 5.74) is 2.55. The fraction of sp³-hybridized carbons (Fsp3) is 0.111. The van der Waals surface area contributed by atoms with E-state index in [1.807, 2.05) is 54.6 Å². The van der Waals surface area contributed by atoms with E-state index in [1.54, 1.807) is 12.1 Å². The quantitative estimate of drug-likeness (QED) is 0.831. The fourth-order valence-corrected chi connectivity index (χ4v) is 1.80. The van der Waals surface area contributed by atoms with Crippen LogP contribution in [0.15, 0.2) is 60.7 Å². The summed E-state index contributed by atoms with van der Waals surface area (Å²) in [7, 11) is 0. The molecule has 4 nitrogen and oxygen atoms in total. The molecule has 0 radical (unpaired) electrons. The zero-order valence-electron chi connectivity index (χ0n) is 12.1. The lowest BCUT2D eigenvalue weighted by molar-refractivity contribution is 0.112. The lowest BCUT2D eigenvalue weighted by Gasteiger charge is -2.05. The molecule has 0 aliphatic heterocycles. The van der Waals surface area contributed by atoms with Crippen LogP contribution in [0.25, 0.3) is 6.08 Å². The first kappa shape index (κ1) is 15.5. The summed E-state index contributed by atoms with van der Waals surface area (Å²) in [5, 5.41) is 2.64. The van der Waals surface area contributed by atoms with Crippen LogP contribution in [0.2, 0.25) is 0 Å². The molecule has 2 aromatic carbocycles. The van der Waals surface area contributed by atoms with Gasteiger partial charge in [-0.3, -0.25) is 4.79 Å². The highest BCUT2D eigenvalue weighted by Gasteiger charge is 2.00. The van der Waals surface area contributed by atoms with E-state index in [0.29, 0.717) is 12.1 Å². The Kier molecular flexibility index (Phi) is 5.93. The number of carbonyl (C=O) groups is 2. The molecule has 2 rings (SSSR count). The maximum Gasteiger partial charge on any atom is 0.407 e. The van der Waals surface area contributed by atoms with Gasteiger partial charge in [-0.25, -0.2) is 4.79 Å². The highest BCUT2D eigenvalue weighted by atomic mass is 16.5. The summed E-state index contributed by atoms with van der Waals surface area (Å²) in [6, 6.07) is 16.7. The van der Waals surface area contributed by atoms with Crippen molar-refractivity contribution in [3.05, 3.63) is 77.4 Å². The van der Waals surface area contributed by atoms with Crippen molar-refractivity contribution in [1.29, 1.82) is 0 Å². The van der Waals surface area contributed by atoms with E-state index < -0.39 is 6.09 Å². The van der Waals surface area contributed by atoms with Crippen LogP contribution >= 0.6 is 0 Å². The van der Waals surface area contributed by atoms with Gasteiger partial charge in [0.05, 0.1) is 0 Å². The molecule has 0 bridgehead atoms. The van der Waals surface area contributed by atoms with E-state index in [2.05, 4.69) is 5.32 Å². The number of rotatable bonds is 6. The molecule has 0 aliphatic rings. The van der Waals surface area contributed by atoms with Crippen molar-refractivity contribution in [3.8, 4) is 0 Å². The van der Waals surface area contributed by atoms with Crippen molar-refractivity contribution in [3.63, 3.8) is 0 Å². The van der Waals surface area contributed by atoms with Crippen molar-refractivity contribution in [1.82, 2.24) is 5.32 Å². The Morgan fingerprint density at radius 1 is 1.00 bits per heavy atom. The van der Waals surface area contributed by atoms with E-state index in [-0.39, 0.29) is 6.61 Å². The Balaban J connectivity index is 1.69. The normalized spacial score (nSPS) is 10.4. The number of amides is 1. The minimum absolute atomic E-state index is 0.254. The Morgan fingerprint density at radius 2 is 1.68 bits per heavy atom. The van der Waals surface area contributed by atoms with Gasteiger partial charge in [0.25, 0.3) is 0 Å². The largest absolute Gasteiger partial charge is 0.445 e. The van der Waals surface area contributed by atoms with Gasteiger partial charge in [-0.1, -0.05) is 66.7 Å². The molecule has 2 aromatic rings. The van der Waals surface area contributed by atoms with Crippen LogP contribution in [0.1, 0.15) is 21.5 Å². The molecule has 4 heteroatoms. The lowest BCUT2D eigenvalue weighted by Crippen LogP contribution is -2.24. The second kappa shape index (κ2) is 8.42. The first-order valence-corrected chi connectivity index (χ1v) is 6.94. The van der Waals surface area contributed by atoms with E-state index in [0.717, 1.165) is 17.4 Å². The summed E-state index contributed by atoms with van der Waals surface area (Å²) < 4.78 is 5.09. The van der Waals surface area contributed by atoms with Crippen molar-refractivity contribution in [2.45, 2.75) is 6.61 Å². The molecule has 0 aromatic heterocycles. The summed E-state index contributed by atoms with van der Waals surface area (Å²) in [4.78, 5) is 22.0. The van der Waals surface area contributed by atoms with Crippen molar-refractivity contribution in [2.24, 2.45) is 0 Å². The predicted octanol–water partition coefficient (Wildman–Crippen LogP) is 3.44. The number of benzene rings is 2. The summed E-state index contributed by atoms with van der Waals surface area (Å²) >= 11 is 0. The fourth-order valence-electron chi connectivity index (χ4n) is 1.80. The molecule has 0 atom stereocenters. The number of hydrogen-bond acceptors (Lipinski definition) is 3. The molecule has 112 valence electrons. The van der Waals surface area contributed by atoms with Crippen LogP contribution in [0, 0.1) is 0 Å². The average molecular weight is 295 g/mol. The molecular formula is C18H17NO3. The van der Waals surface area contributed by atoms with Crippen molar-refractivity contribution < 1.29 is 14.3 Å². The third-order valence-corrected chi connectivity index (χ3v) is 2.96. The van der Waals surface area contributed by atoms with Gasteiger partial charge in [-0.2, -0.15) is 0 Å². The molecule has 22 heavy (non-hydrogen) atoms. The Morgan fingerprint density at radius 3 is 2.36 bits per heavy atom. The second-order valence-corrected chi connectivity index (χ2v) is 4.63. The summed E-state index contributed by atoms with van der Waals surface area (Å²) in [5.74, 6) is 0. The topological polar surface area (TPSA) is 55.4 Å². The zero-order valence-corrected chi connectivity index (χ0v) is 12.1. The van der Waals surface area contributed by atoms with Crippen LogP contribution < -0.4 is 5.32 Å². The molecule has 0 heterocycles. The van der Waals surface area contributed by atoms with Crippen molar-refractivity contribution in [2.75, 3.05) is 6.54 Å². The first-order valence-electron chi connectivity index (χ1n) is 6.94. The van der Waals surface area contributed by atoms with Crippen molar-refractivity contribution >= 4 is 18.5 Å². The van der Waals surface area contributed by atoms with Crippen LogP contribution in [0.3, 0.4) is 0 Å². The maximum atomic E-state index is 11.5. The van der Waals surface area contributed by atoms with E-state index in [1.165, 1.54) is 0 Å². The van der Waals surface area contributed by atoms with E-state index in [9.17, 15) is 9.59 Å². The number of carbonyl (C=O) groups excluding carboxylic acids is 2. The third kappa shape index (κ3) is 5.25. The second-order valence-electron chi connectivity index (χ2n) is 4.63. The van der Waals surface area contributed by atoms with Crippen LogP contribution in [-0.4, -0.2) is 18.9 Å². The molecule has 1 amide bonds. The Bertz CT molecular complexity index is 633. The number of hydrogen-bond donors (Lipinski definition) is 1. The number of ether oxygens (including phenoxy) is 1. The standard InChI is InChI=1S/C18H17NO3/c20-13-16-10-8-15(9-11-16)7-4-12-19-18(21)22-14-17-5-2-1-3-6-17/h1-11,13H,12,14H2,(H,19,21). The third-order valence-electron chi connectivity index (χ3n) is 2.96. The van der Waals surface area contributed by atoms with Gasteiger partial charge >= 0.3 is 6.09 Å². The van der Waals surface area contributed by atoms with Gasteiger partial charge < -0.3 is 10.1 Å². The van der Waals surface area contributed by atoms with E-state index >= 15 is 0 Å². The van der Waals surface area contributed by atoms with Crippen LogP contribution in [0.4, 0.5) is 4.79 Å². The highest BCUT2D eigenvalue weighted by molar-refractivity contribution is 5.75. The summed E-state index contributed by atoms with van der Waals surface area (Å²) in [6.45, 7) is 0.632. The zero-order chi connectivity index (χ0) is 15.6. The summed E-state index contributed by atoms with van der Waals surface area (Å²) in [6.07, 6.45) is 4.04. The molecule has 0 fully saturated rings. The van der Waals surface area contributed by atoms with Crippen LogP contribution in [0.5, 0.6) is 0 Å². The minimum Gasteiger partial charge on any atom is -0.445 e. The smallest absolute Gasteiger partial charge is 0.407 e. The lowest BCUT2D eigenvalue weighted by atomic mass is 10.1. The van der Waals surface area contributed by atoms with Gasteiger partial charge in [0.2, 0.25) is 0 Å². The minimum atomic E-state index is -0.454. The van der Waals surface area contributed by atoms with Crippen LogP contribution in [-0.2, 0) is 11.3 Å². The van der Waals surface area contributed by atoms with Gasteiger partial charge in [-0.15, -0.1) is 0 Å². The van der Waals surface area contributed by atoms with E-state index in [4.69, 9.17) is 4.74 Å². The molecular weight excluding hydrogens is 278 g/mol. The Hall–Kier alpha value is -2.88. The number of alkyl carbamates (subject to hydrolysis) is 1. The van der Waals surface area contributed by atoms with Gasteiger partial charge in [0.15, 0.2) is 0 Å². The molecule has 0 saturated carbocycles. The average Bonchev–Trinajstić information content (AvgIpc) is 2.58.